The van der Waals surface area contributed by atoms with Gasteiger partial charge >= 0.3 is 0 Å². The van der Waals surface area contributed by atoms with Crippen LogP contribution in [0.15, 0.2) is 54.9 Å². The molecule has 0 saturated heterocycles. The average Bonchev–Trinajstić information content (AvgIpc) is 2.54. The van der Waals surface area contributed by atoms with E-state index in [-0.39, 0.29) is 0 Å². The molecular weight excluding hydrogens is 274 g/mol. The second-order valence-electron chi connectivity index (χ2n) is 5.59. The Morgan fingerprint density at radius 2 is 1.77 bits per heavy atom. The summed E-state index contributed by atoms with van der Waals surface area (Å²) >= 11 is 0. The lowest BCUT2D eigenvalue weighted by atomic mass is 10.2. The van der Waals surface area contributed by atoms with Crippen molar-refractivity contribution in [3.05, 3.63) is 54.9 Å². The molecule has 112 valence electrons. The van der Waals surface area contributed by atoms with Gasteiger partial charge in [0, 0.05) is 11.1 Å². The smallest absolute Gasteiger partial charge is 0.141 e. The fourth-order valence-electron chi connectivity index (χ4n) is 2.14. The molecule has 3 aromatic rings. The highest BCUT2D eigenvalue weighted by Gasteiger charge is 2.03. The molecule has 2 aromatic carbocycles. The number of fused-ring (bicyclic) bond motifs is 1. The van der Waals surface area contributed by atoms with Crippen LogP contribution in [0.5, 0.6) is 5.75 Å². The van der Waals surface area contributed by atoms with Crippen LogP contribution in [0.1, 0.15) is 13.8 Å². The molecule has 1 N–H and O–H groups in total. The molecule has 0 radical (unpaired) electrons. The lowest BCUT2D eigenvalue weighted by Gasteiger charge is -2.11. The van der Waals surface area contributed by atoms with Gasteiger partial charge in [-0.3, -0.25) is 0 Å². The maximum absolute atomic E-state index is 5.69. The molecule has 0 spiro atoms. The Bertz CT molecular complexity index is 748. The highest BCUT2D eigenvalue weighted by Crippen LogP contribution is 2.24. The van der Waals surface area contributed by atoms with Crippen LogP contribution < -0.4 is 10.1 Å². The topological polar surface area (TPSA) is 47.0 Å². The number of para-hydroxylation sites is 1. The summed E-state index contributed by atoms with van der Waals surface area (Å²) < 4.78 is 5.69. The van der Waals surface area contributed by atoms with Crippen LogP contribution >= 0.6 is 0 Å². The van der Waals surface area contributed by atoms with Gasteiger partial charge in [-0.2, -0.15) is 0 Å². The normalized spacial score (nSPS) is 10.9. The molecule has 3 rings (SSSR count). The van der Waals surface area contributed by atoms with Gasteiger partial charge in [-0.05, 0) is 42.3 Å². The third kappa shape index (κ3) is 3.34. The zero-order valence-electron chi connectivity index (χ0n) is 12.8. The van der Waals surface area contributed by atoms with Crippen LogP contribution in [0.4, 0.5) is 11.5 Å². The van der Waals surface area contributed by atoms with E-state index in [9.17, 15) is 0 Å². The van der Waals surface area contributed by atoms with Gasteiger partial charge in [0.05, 0.1) is 12.1 Å². The summed E-state index contributed by atoms with van der Waals surface area (Å²) in [6, 6.07) is 15.9. The van der Waals surface area contributed by atoms with Gasteiger partial charge < -0.3 is 10.1 Å². The first-order chi connectivity index (χ1) is 10.7. The van der Waals surface area contributed by atoms with Crippen molar-refractivity contribution in [1.82, 2.24) is 9.97 Å². The maximum atomic E-state index is 5.69. The minimum atomic E-state index is 0.519. The third-order valence-electron chi connectivity index (χ3n) is 3.24. The third-order valence-corrected chi connectivity index (χ3v) is 3.24. The zero-order valence-corrected chi connectivity index (χ0v) is 12.8. The van der Waals surface area contributed by atoms with Crippen LogP contribution in [0.25, 0.3) is 10.9 Å². The predicted molar refractivity (Wildman–Crippen MR) is 89.6 cm³/mol. The minimum Gasteiger partial charge on any atom is -0.493 e. The highest BCUT2D eigenvalue weighted by atomic mass is 16.5. The van der Waals surface area contributed by atoms with Gasteiger partial charge in [0.2, 0.25) is 0 Å². The monoisotopic (exact) mass is 293 g/mol. The van der Waals surface area contributed by atoms with Crippen LogP contribution in [0.2, 0.25) is 0 Å². The fraction of sp³-hybridized carbons (Fsp3) is 0.222. The second-order valence-corrected chi connectivity index (χ2v) is 5.59. The van der Waals surface area contributed by atoms with E-state index in [2.05, 4.69) is 29.1 Å². The van der Waals surface area contributed by atoms with Gasteiger partial charge in [-0.1, -0.05) is 26.0 Å². The van der Waals surface area contributed by atoms with Crippen LogP contribution in [-0.4, -0.2) is 16.6 Å². The molecule has 4 heteroatoms. The number of ether oxygens (including phenoxy) is 1. The maximum Gasteiger partial charge on any atom is 0.141 e. The molecule has 0 aliphatic rings. The molecule has 22 heavy (non-hydrogen) atoms. The number of aromatic nitrogens is 2. The average molecular weight is 293 g/mol. The molecule has 0 unspecified atom stereocenters. The van der Waals surface area contributed by atoms with Crippen molar-refractivity contribution >= 4 is 22.4 Å². The molecular formula is C18H19N3O. The van der Waals surface area contributed by atoms with Crippen molar-refractivity contribution in [3.63, 3.8) is 0 Å². The van der Waals surface area contributed by atoms with E-state index in [1.165, 1.54) is 0 Å². The highest BCUT2D eigenvalue weighted by molar-refractivity contribution is 5.90. The summed E-state index contributed by atoms with van der Waals surface area (Å²) in [5.41, 5.74) is 1.90. The SMILES string of the molecule is CC(C)COc1ccc(Nc2ncnc3ccccc23)cc1. The van der Waals surface area contributed by atoms with E-state index < -0.39 is 0 Å². The van der Waals surface area contributed by atoms with Crippen molar-refractivity contribution in [2.75, 3.05) is 11.9 Å². The zero-order chi connectivity index (χ0) is 15.4. The molecule has 0 aliphatic heterocycles. The summed E-state index contributed by atoms with van der Waals surface area (Å²) in [6.07, 6.45) is 1.57. The Labute approximate surface area is 130 Å². The van der Waals surface area contributed by atoms with Crippen molar-refractivity contribution in [2.24, 2.45) is 5.92 Å². The van der Waals surface area contributed by atoms with Crippen molar-refractivity contribution in [3.8, 4) is 5.75 Å². The van der Waals surface area contributed by atoms with E-state index in [0.29, 0.717) is 5.92 Å². The number of anilines is 2. The van der Waals surface area contributed by atoms with E-state index in [1.54, 1.807) is 6.33 Å². The first-order valence-electron chi connectivity index (χ1n) is 7.42. The Kier molecular flexibility index (Phi) is 4.19. The van der Waals surface area contributed by atoms with Crippen LogP contribution in [0, 0.1) is 5.92 Å². The standard InChI is InChI=1S/C18H19N3O/c1-13(2)11-22-15-9-7-14(8-10-15)21-18-16-5-3-4-6-17(16)19-12-20-18/h3-10,12-13H,11H2,1-2H3,(H,19,20,21). The van der Waals surface area contributed by atoms with Crippen molar-refractivity contribution in [1.29, 1.82) is 0 Å². The number of nitrogens with one attached hydrogen (secondary N) is 1. The summed E-state index contributed by atoms with van der Waals surface area (Å²) in [6.45, 7) is 5.00. The molecule has 0 atom stereocenters. The van der Waals surface area contributed by atoms with E-state index in [0.717, 1.165) is 34.8 Å². The first kappa shape index (κ1) is 14.3. The van der Waals surface area contributed by atoms with Gasteiger partial charge in [-0.25, -0.2) is 9.97 Å². The summed E-state index contributed by atoms with van der Waals surface area (Å²) in [5.74, 6) is 2.21. The minimum absolute atomic E-state index is 0.519. The van der Waals surface area contributed by atoms with E-state index in [1.807, 2.05) is 48.5 Å². The Balaban J connectivity index is 1.77. The molecule has 0 amide bonds. The van der Waals surface area contributed by atoms with Gasteiger partial charge in [0.15, 0.2) is 0 Å². The van der Waals surface area contributed by atoms with Crippen LogP contribution in [0.3, 0.4) is 0 Å². The molecule has 0 aliphatic carbocycles. The van der Waals surface area contributed by atoms with Crippen molar-refractivity contribution < 1.29 is 4.74 Å². The molecule has 0 fully saturated rings. The molecule has 1 heterocycles. The number of rotatable bonds is 5. The summed E-state index contributed by atoms with van der Waals surface area (Å²) in [5, 5.41) is 4.34. The molecule has 0 bridgehead atoms. The Hall–Kier alpha value is -2.62. The molecule has 0 saturated carbocycles. The molecule has 4 nitrogen and oxygen atoms in total. The van der Waals surface area contributed by atoms with Gasteiger partial charge in [0.1, 0.15) is 17.9 Å². The second kappa shape index (κ2) is 6.43. The molecule has 1 aromatic heterocycles. The lowest BCUT2D eigenvalue weighted by molar-refractivity contribution is 0.271. The fourth-order valence-corrected chi connectivity index (χ4v) is 2.14. The van der Waals surface area contributed by atoms with E-state index in [4.69, 9.17) is 4.74 Å². The number of hydrogen-bond donors (Lipinski definition) is 1. The summed E-state index contributed by atoms with van der Waals surface area (Å²) in [4.78, 5) is 8.60. The number of benzene rings is 2. The quantitative estimate of drug-likeness (QED) is 0.757. The van der Waals surface area contributed by atoms with Crippen LogP contribution in [-0.2, 0) is 0 Å². The largest absolute Gasteiger partial charge is 0.493 e. The summed E-state index contributed by atoms with van der Waals surface area (Å²) in [7, 11) is 0. The Morgan fingerprint density at radius 1 is 1.00 bits per heavy atom. The van der Waals surface area contributed by atoms with Gasteiger partial charge in [-0.15, -0.1) is 0 Å². The predicted octanol–water partition coefficient (Wildman–Crippen LogP) is 4.41. The van der Waals surface area contributed by atoms with Gasteiger partial charge in [0.25, 0.3) is 0 Å². The number of nitrogens with zero attached hydrogens (tertiary/aromatic N) is 2. The number of hydrogen-bond acceptors (Lipinski definition) is 4. The van der Waals surface area contributed by atoms with E-state index >= 15 is 0 Å². The first-order valence-corrected chi connectivity index (χ1v) is 7.42. The Morgan fingerprint density at radius 3 is 2.55 bits per heavy atom. The lowest BCUT2D eigenvalue weighted by Crippen LogP contribution is -2.04. The van der Waals surface area contributed by atoms with Crippen molar-refractivity contribution in [2.45, 2.75) is 13.8 Å².